The molecule has 0 aliphatic carbocycles. The first-order chi connectivity index (χ1) is 11.8. The molecule has 8 nitrogen and oxygen atoms in total. The zero-order valence-electron chi connectivity index (χ0n) is 13.5. The minimum absolute atomic E-state index is 0. The van der Waals surface area contributed by atoms with Crippen molar-refractivity contribution >= 4 is 16.7 Å². The lowest BCUT2D eigenvalue weighted by molar-refractivity contribution is -0.138. The van der Waals surface area contributed by atoms with Gasteiger partial charge in [0.2, 0.25) is 10.9 Å². The third-order valence-corrected chi connectivity index (χ3v) is 3.54. The van der Waals surface area contributed by atoms with Gasteiger partial charge in [-0.15, -0.1) is 0 Å². The SMILES string of the molecule is NC(Cc1ccc(O)cc1)C(=O)O.O.O=c1c(=O)c2ccccc2c1=O. The Labute approximate surface area is 146 Å². The molecule has 0 spiro atoms. The van der Waals surface area contributed by atoms with Gasteiger partial charge in [0, 0.05) is 10.8 Å². The number of benzene rings is 2. The summed E-state index contributed by atoms with van der Waals surface area (Å²) in [6.07, 6.45) is 0.273. The molecular weight excluding hydrogens is 342 g/mol. The lowest BCUT2D eigenvalue weighted by atomic mass is 10.1. The lowest BCUT2D eigenvalue weighted by Crippen LogP contribution is -2.32. The molecule has 0 bridgehead atoms. The highest BCUT2D eigenvalue weighted by molar-refractivity contribution is 5.83. The van der Waals surface area contributed by atoms with E-state index in [0.29, 0.717) is 0 Å². The van der Waals surface area contributed by atoms with Gasteiger partial charge in [-0.3, -0.25) is 19.2 Å². The number of fused-ring (bicyclic) bond motifs is 1. The van der Waals surface area contributed by atoms with Gasteiger partial charge in [-0.25, -0.2) is 0 Å². The summed E-state index contributed by atoms with van der Waals surface area (Å²) in [6.45, 7) is 0. The topological polar surface area (TPSA) is 166 Å². The minimum Gasteiger partial charge on any atom is -0.508 e. The monoisotopic (exact) mass is 359 g/mol. The average molecular weight is 359 g/mol. The lowest BCUT2D eigenvalue weighted by Gasteiger charge is -2.05. The number of carboxylic acid groups (broad SMARTS) is 1. The van der Waals surface area contributed by atoms with Crippen LogP contribution in [0.4, 0.5) is 0 Å². The van der Waals surface area contributed by atoms with Crippen LogP contribution in [0.25, 0.3) is 10.8 Å². The number of phenolic OH excluding ortho intramolecular Hbond substituents is 1. The van der Waals surface area contributed by atoms with Crippen LogP contribution in [0.2, 0.25) is 0 Å². The predicted molar refractivity (Wildman–Crippen MR) is 96.2 cm³/mol. The van der Waals surface area contributed by atoms with Crippen LogP contribution >= 0.6 is 0 Å². The number of hydrogen-bond acceptors (Lipinski definition) is 6. The van der Waals surface area contributed by atoms with E-state index >= 15 is 0 Å². The van der Waals surface area contributed by atoms with Gasteiger partial charge in [0.05, 0.1) is 0 Å². The molecule has 0 radical (unpaired) electrons. The number of rotatable bonds is 3. The summed E-state index contributed by atoms with van der Waals surface area (Å²) in [6, 6.07) is 11.7. The Hall–Kier alpha value is -3.36. The van der Waals surface area contributed by atoms with Crippen molar-refractivity contribution in [2.24, 2.45) is 5.73 Å². The van der Waals surface area contributed by atoms with E-state index in [4.69, 9.17) is 15.9 Å². The largest absolute Gasteiger partial charge is 0.508 e. The Balaban J connectivity index is 0.000000251. The van der Waals surface area contributed by atoms with Gasteiger partial charge in [0.15, 0.2) is 0 Å². The van der Waals surface area contributed by atoms with E-state index in [9.17, 15) is 19.2 Å². The number of carbonyl (C=O) groups is 1. The Morgan fingerprint density at radius 1 is 0.885 bits per heavy atom. The molecule has 0 saturated carbocycles. The number of hydrogen-bond donors (Lipinski definition) is 3. The first kappa shape index (κ1) is 20.7. The molecule has 1 atom stereocenters. The third kappa shape index (κ3) is 4.59. The fraction of sp³-hybridized carbons (Fsp3) is 0.111. The first-order valence-electron chi connectivity index (χ1n) is 7.30. The molecule has 0 amide bonds. The Bertz CT molecular complexity index is 984. The van der Waals surface area contributed by atoms with E-state index in [1.165, 1.54) is 24.3 Å². The quantitative estimate of drug-likeness (QED) is 0.521. The van der Waals surface area contributed by atoms with Gasteiger partial charge in [-0.2, -0.15) is 0 Å². The summed E-state index contributed by atoms with van der Waals surface area (Å²) in [7, 11) is 0. The Morgan fingerprint density at radius 2 is 1.35 bits per heavy atom. The molecule has 3 aromatic rings. The highest BCUT2D eigenvalue weighted by Gasteiger charge is 2.11. The van der Waals surface area contributed by atoms with Crippen LogP contribution in [-0.4, -0.2) is 27.7 Å². The van der Waals surface area contributed by atoms with Crippen LogP contribution in [-0.2, 0) is 11.2 Å². The molecule has 0 heterocycles. The van der Waals surface area contributed by atoms with Crippen molar-refractivity contribution in [3.63, 3.8) is 0 Å². The molecule has 8 heteroatoms. The zero-order valence-corrected chi connectivity index (χ0v) is 13.5. The third-order valence-electron chi connectivity index (χ3n) is 3.54. The van der Waals surface area contributed by atoms with Gasteiger partial charge < -0.3 is 21.4 Å². The van der Waals surface area contributed by atoms with Crippen molar-refractivity contribution in [1.29, 1.82) is 0 Å². The Kier molecular flexibility index (Phi) is 6.88. The maximum absolute atomic E-state index is 11.0. The number of phenols is 1. The van der Waals surface area contributed by atoms with Gasteiger partial charge in [-0.05, 0) is 24.1 Å². The van der Waals surface area contributed by atoms with Crippen LogP contribution in [0.5, 0.6) is 5.75 Å². The normalized spacial score (nSPS) is 11.1. The van der Waals surface area contributed by atoms with Crippen molar-refractivity contribution in [1.82, 2.24) is 0 Å². The average Bonchev–Trinajstić information content (AvgIpc) is 2.82. The Morgan fingerprint density at radius 3 is 1.77 bits per heavy atom. The van der Waals surface area contributed by atoms with Gasteiger partial charge in [0.1, 0.15) is 11.8 Å². The molecule has 0 fully saturated rings. The van der Waals surface area contributed by atoms with Crippen LogP contribution in [0.1, 0.15) is 5.56 Å². The van der Waals surface area contributed by atoms with E-state index in [1.807, 2.05) is 0 Å². The molecular formula is C18H17NO7. The molecule has 0 aromatic heterocycles. The van der Waals surface area contributed by atoms with Crippen molar-refractivity contribution < 1.29 is 20.5 Å². The van der Waals surface area contributed by atoms with E-state index in [0.717, 1.165) is 5.56 Å². The predicted octanol–water partition coefficient (Wildman–Crippen LogP) is -0.682. The van der Waals surface area contributed by atoms with Crippen LogP contribution < -0.4 is 22.0 Å². The van der Waals surface area contributed by atoms with Crippen molar-refractivity contribution in [3.05, 3.63) is 84.8 Å². The van der Waals surface area contributed by atoms with E-state index in [-0.39, 0.29) is 28.4 Å². The second-order valence-electron chi connectivity index (χ2n) is 5.35. The second-order valence-corrected chi connectivity index (χ2v) is 5.35. The van der Waals surface area contributed by atoms with Crippen LogP contribution in [0, 0.1) is 0 Å². The molecule has 3 aromatic carbocycles. The molecule has 26 heavy (non-hydrogen) atoms. The first-order valence-corrected chi connectivity index (χ1v) is 7.30. The summed E-state index contributed by atoms with van der Waals surface area (Å²) >= 11 is 0. The summed E-state index contributed by atoms with van der Waals surface area (Å²) < 4.78 is 0. The molecule has 136 valence electrons. The van der Waals surface area contributed by atoms with E-state index in [2.05, 4.69) is 0 Å². The van der Waals surface area contributed by atoms with Crippen LogP contribution in [0.15, 0.2) is 62.9 Å². The second kappa shape index (κ2) is 8.65. The maximum atomic E-state index is 11.0. The molecule has 0 saturated heterocycles. The smallest absolute Gasteiger partial charge is 0.320 e. The molecule has 3 rings (SSSR count). The fourth-order valence-corrected chi connectivity index (χ4v) is 2.20. The van der Waals surface area contributed by atoms with E-state index < -0.39 is 28.3 Å². The van der Waals surface area contributed by atoms with Crippen molar-refractivity contribution in [2.45, 2.75) is 12.5 Å². The van der Waals surface area contributed by atoms with Gasteiger partial charge >= 0.3 is 5.97 Å². The summed E-state index contributed by atoms with van der Waals surface area (Å²) in [5, 5.41) is 17.9. The standard InChI is InChI=1S/C9H11NO3.C9H4O3.H2O/c10-8(9(12)13)5-6-1-3-7(11)4-2-6;10-7-5-3-1-2-4-6(5)8(11)9(7)12;/h1-4,8,11H,5,10H2,(H,12,13);1-4H;1H2. The minimum atomic E-state index is -1.02. The number of nitrogens with two attached hydrogens (primary N) is 1. The van der Waals surface area contributed by atoms with Gasteiger partial charge in [0.25, 0.3) is 5.43 Å². The van der Waals surface area contributed by atoms with Crippen molar-refractivity contribution in [3.8, 4) is 5.75 Å². The zero-order chi connectivity index (χ0) is 18.6. The van der Waals surface area contributed by atoms with Gasteiger partial charge in [-0.1, -0.05) is 36.4 Å². The van der Waals surface area contributed by atoms with Crippen molar-refractivity contribution in [2.75, 3.05) is 0 Å². The molecule has 6 N–H and O–H groups in total. The molecule has 0 aliphatic rings. The summed E-state index contributed by atoms with van der Waals surface area (Å²) in [4.78, 5) is 43.3. The summed E-state index contributed by atoms with van der Waals surface area (Å²) in [5.41, 5.74) is 3.83. The maximum Gasteiger partial charge on any atom is 0.320 e. The molecule has 1 unspecified atom stereocenters. The highest BCUT2D eigenvalue weighted by Crippen LogP contribution is 2.10. The summed E-state index contributed by atoms with van der Waals surface area (Å²) in [5.74, 6) is -0.860. The number of carboxylic acids is 1. The molecule has 0 aliphatic heterocycles. The fourth-order valence-electron chi connectivity index (χ4n) is 2.20. The van der Waals surface area contributed by atoms with E-state index in [1.54, 1.807) is 24.3 Å². The van der Waals surface area contributed by atoms with Crippen LogP contribution in [0.3, 0.4) is 0 Å². The number of aliphatic carboxylic acids is 1. The highest BCUT2D eigenvalue weighted by atomic mass is 16.4. The number of aromatic hydroxyl groups is 1.